The van der Waals surface area contributed by atoms with Gasteiger partial charge in [0.1, 0.15) is 11.2 Å². The van der Waals surface area contributed by atoms with Crippen LogP contribution in [0.3, 0.4) is 0 Å². The summed E-state index contributed by atoms with van der Waals surface area (Å²) in [6, 6.07) is 11.5. The van der Waals surface area contributed by atoms with Crippen LogP contribution in [-0.2, 0) is 11.3 Å². The Kier molecular flexibility index (Phi) is 6.24. The molecule has 1 aliphatic heterocycles. The van der Waals surface area contributed by atoms with Gasteiger partial charge < -0.3 is 9.64 Å². The lowest BCUT2D eigenvalue weighted by Crippen LogP contribution is -2.36. The first-order valence-corrected chi connectivity index (χ1v) is 12.0. The molecule has 168 valence electrons. The molecule has 8 heteroatoms. The molecule has 1 aromatic carbocycles. The molecule has 4 rings (SSSR count). The third-order valence-electron chi connectivity index (χ3n) is 5.45. The van der Waals surface area contributed by atoms with Gasteiger partial charge in [-0.1, -0.05) is 42.1 Å². The molecular formula is C24H28N4O3S. The molecular weight excluding hydrogens is 424 g/mol. The molecule has 0 aliphatic carbocycles. The maximum Gasteiger partial charge on any atom is 0.410 e. The van der Waals surface area contributed by atoms with Gasteiger partial charge in [0.25, 0.3) is 5.56 Å². The second-order valence-corrected chi connectivity index (χ2v) is 9.83. The summed E-state index contributed by atoms with van der Waals surface area (Å²) in [5.41, 5.74) is 1.51. The van der Waals surface area contributed by atoms with Gasteiger partial charge in [0.05, 0.1) is 0 Å². The van der Waals surface area contributed by atoms with Crippen molar-refractivity contribution in [1.29, 1.82) is 0 Å². The Labute approximate surface area is 191 Å². The number of carbonyl (C=O) groups excluding carboxylic acids is 1. The lowest BCUT2D eigenvalue weighted by atomic mass is 10.0. The Morgan fingerprint density at radius 1 is 1.25 bits per heavy atom. The lowest BCUT2D eigenvalue weighted by molar-refractivity contribution is 0.0287. The van der Waals surface area contributed by atoms with Crippen LogP contribution in [0, 0.1) is 5.92 Å². The molecule has 3 heterocycles. The highest BCUT2D eigenvalue weighted by Gasteiger charge is 2.30. The van der Waals surface area contributed by atoms with Crippen molar-refractivity contribution in [3.05, 3.63) is 52.9 Å². The second kappa shape index (κ2) is 8.94. The molecule has 0 radical (unpaired) electrons. The molecule has 0 unspecified atom stereocenters. The van der Waals surface area contributed by atoms with Crippen molar-refractivity contribution in [2.24, 2.45) is 5.92 Å². The standard InChI is InChI=1S/C24H28N4O3S/c1-24(2,3)31-23(30)27-11-10-16(14-27)15-28-20-18(13-25-22(26-20)32-4)12-19(21(28)29)17-8-6-5-7-9-17/h5-9,12-13,16H,10-11,14-15H2,1-4H3/t16-/m1/s1. The van der Waals surface area contributed by atoms with E-state index in [2.05, 4.69) is 9.97 Å². The Hall–Kier alpha value is -2.87. The smallest absolute Gasteiger partial charge is 0.410 e. The number of nitrogens with zero attached hydrogens (tertiary/aromatic N) is 4. The number of thioether (sulfide) groups is 1. The molecule has 1 fully saturated rings. The Morgan fingerprint density at radius 2 is 2.00 bits per heavy atom. The van der Waals surface area contributed by atoms with Crippen molar-refractivity contribution in [3.8, 4) is 11.1 Å². The number of fused-ring (bicyclic) bond motifs is 1. The van der Waals surface area contributed by atoms with Crippen LogP contribution in [0.1, 0.15) is 27.2 Å². The van der Waals surface area contributed by atoms with E-state index in [0.717, 1.165) is 17.4 Å². The van der Waals surface area contributed by atoms with Gasteiger partial charge in [0, 0.05) is 36.8 Å². The normalized spacial score (nSPS) is 16.5. The fourth-order valence-corrected chi connectivity index (χ4v) is 4.30. The molecule has 32 heavy (non-hydrogen) atoms. The summed E-state index contributed by atoms with van der Waals surface area (Å²) in [6.07, 6.45) is 4.20. The van der Waals surface area contributed by atoms with E-state index in [1.807, 2.05) is 63.4 Å². The minimum Gasteiger partial charge on any atom is -0.444 e. The van der Waals surface area contributed by atoms with Crippen LogP contribution in [0.25, 0.3) is 22.2 Å². The number of hydrogen-bond donors (Lipinski definition) is 0. The average molecular weight is 453 g/mol. The molecule has 0 N–H and O–H groups in total. The van der Waals surface area contributed by atoms with Crippen LogP contribution in [0.5, 0.6) is 0 Å². The molecule has 1 amide bonds. The van der Waals surface area contributed by atoms with Gasteiger partial charge >= 0.3 is 6.09 Å². The van der Waals surface area contributed by atoms with Crippen LogP contribution in [0.15, 0.2) is 52.5 Å². The minimum atomic E-state index is -0.530. The molecule has 1 saturated heterocycles. The quantitative estimate of drug-likeness (QED) is 0.430. The number of likely N-dealkylation sites (tertiary alicyclic amines) is 1. The predicted molar refractivity (Wildman–Crippen MR) is 127 cm³/mol. The van der Waals surface area contributed by atoms with E-state index in [9.17, 15) is 9.59 Å². The summed E-state index contributed by atoms with van der Waals surface area (Å²) >= 11 is 1.44. The van der Waals surface area contributed by atoms with Gasteiger partial charge in [-0.2, -0.15) is 0 Å². The van der Waals surface area contributed by atoms with Crippen LogP contribution < -0.4 is 5.56 Å². The highest BCUT2D eigenvalue weighted by molar-refractivity contribution is 7.98. The van der Waals surface area contributed by atoms with Gasteiger partial charge in [0.2, 0.25) is 0 Å². The first kappa shape index (κ1) is 22.3. The summed E-state index contributed by atoms with van der Waals surface area (Å²) in [6.45, 7) is 7.25. The highest BCUT2D eigenvalue weighted by atomic mass is 32.2. The molecule has 0 saturated carbocycles. The molecule has 1 atom stereocenters. The molecule has 2 aromatic heterocycles. The Balaban J connectivity index is 1.69. The van der Waals surface area contributed by atoms with Crippen molar-refractivity contribution < 1.29 is 9.53 Å². The topological polar surface area (TPSA) is 77.3 Å². The number of aromatic nitrogens is 3. The zero-order valence-corrected chi connectivity index (χ0v) is 19.7. The number of carbonyl (C=O) groups is 1. The molecule has 1 aliphatic rings. The summed E-state index contributed by atoms with van der Waals surface area (Å²) in [7, 11) is 0. The van der Waals surface area contributed by atoms with Gasteiger partial charge in [0.15, 0.2) is 5.16 Å². The van der Waals surface area contributed by atoms with Gasteiger partial charge in [-0.15, -0.1) is 0 Å². The van der Waals surface area contributed by atoms with E-state index in [0.29, 0.717) is 36.0 Å². The molecule has 7 nitrogen and oxygen atoms in total. The minimum absolute atomic E-state index is 0.0785. The van der Waals surface area contributed by atoms with E-state index in [1.165, 1.54) is 11.8 Å². The summed E-state index contributed by atoms with van der Waals surface area (Å²) in [4.78, 5) is 36.8. The number of ether oxygens (including phenoxy) is 1. The van der Waals surface area contributed by atoms with Crippen molar-refractivity contribution in [2.75, 3.05) is 19.3 Å². The fraction of sp³-hybridized carbons (Fsp3) is 0.417. The summed E-state index contributed by atoms with van der Waals surface area (Å²) in [5, 5.41) is 1.45. The Morgan fingerprint density at radius 3 is 2.69 bits per heavy atom. The van der Waals surface area contributed by atoms with Gasteiger partial charge in [-0.25, -0.2) is 14.8 Å². The maximum absolute atomic E-state index is 13.6. The van der Waals surface area contributed by atoms with Crippen LogP contribution in [0.4, 0.5) is 4.79 Å². The predicted octanol–water partition coefficient (Wildman–Crippen LogP) is 4.44. The number of benzene rings is 1. The first-order valence-electron chi connectivity index (χ1n) is 10.7. The highest BCUT2D eigenvalue weighted by Crippen LogP contribution is 2.25. The lowest BCUT2D eigenvalue weighted by Gasteiger charge is -2.24. The number of rotatable bonds is 4. The monoisotopic (exact) mass is 452 g/mol. The van der Waals surface area contributed by atoms with Crippen molar-refractivity contribution in [3.63, 3.8) is 0 Å². The zero-order chi connectivity index (χ0) is 22.9. The van der Waals surface area contributed by atoms with E-state index < -0.39 is 5.60 Å². The SMILES string of the molecule is CSc1ncc2cc(-c3ccccc3)c(=O)n(C[C@@H]3CCN(C(=O)OC(C)(C)C)C3)c2n1. The van der Waals surface area contributed by atoms with E-state index in [-0.39, 0.29) is 17.6 Å². The summed E-state index contributed by atoms with van der Waals surface area (Å²) in [5.74, 6) is 0.141. The van der Waals surface area contributed by atoms with E-state index in [1.54, 1.807) is 15.7 Å². The van der Waals surface area contributed by atoms with Crippen LogP contribution in [0.2, 0.25) is 0 Å². The van der Waals surface area contributed by atoms with Crippen LogP contribution in [-0.4, -0.2) is 50.5 Å². The van der Waals surface area contributed by atoms with E-state index in [4.69, 9.17) is 4.74 Å². The number of hydrogen-bond acceptors (Lipinski definition) is 6. The van der Waals surface area contributed by atoms with Gasteiger partial charge in [-0.05, 0) is 51.0 Å². The van der Waals surface area contributed by atoms with Crippen molar-refractivity contribution in [1.82, 2.24) is 19.4 Å². The number of pyridine rings is 1. The summed E-state index contributed by atoms with van der Waals surface area (Å²) < 4.78 is 7.27. The largest absolute Gasteiger partial charge is 0.444 e. The van der Waals surface area contributed by atoms with Gasteiger partial charge in [-0.3, -0.25) is 9.36 Å². The fourth-order valence-electron chi connectivity index (χ4n) is 3.97. The van der Waals surface area contributed by atoms with Crippen molar-refractivity contribution >= 4 is 28.9 Å². The van der Waals surface area contributed by atoms with Crippen LogP contribution >= 0.6 is 11.8 Å². The van der Waals surface area contributed by atoms with Crippen molar-refractivity contribution in [2.45, 2.75) is 44.5 Å². The molecule has 3 aromatic rings. The first-order chi connectivity index (χ1) is 15.2. The Bertz CT molecular complexity index is 1190. The number of amides is 1. The molecule has 0 bridgehead atoms. The zero-order valence-electron chi connectivity index (χ0n) is 18.9. The maximum atomic E-state index is 13.6. The average Bonchev–Trinajstić information content (AvgIpc) is 3.23. The third-order valence-corrected chi connectivity index (χ3v) is 6.01. The molecule has 0 spiro atoms. The van der Waals surface area contributed by atoms with E-state index >= 15 is 0 Å². The second-order valence-electron chi connectivity index (χ2n) is 9.06. The third kappa shape index (κ3) is 4.80.